The first-order chi connectivity index (χ1) is 20.5. The van der Waals surface area contributed by atoms with Gasteiger partial charge in [-0.3, -0.25) is 10.4 Å². The number of hydrogen-bond acceptors (Lipinski definition) is 6. The first-order valence-electron chi connectivity index (χ1n) is 14.2. The number of nitrogens with one attached hydrogen (secondary N) is 1. The molecule has 2 aromatic heterocycles. The normalized spacial score (nSPS) is 14.5. The Balaban J connectivity index is 1.47. The van der Waals surface area contributed by atoms with E-state index in [0.29, 0.717) is 41.4 Å². The van der Waals surface area contributed by atoms with Gasteiger partial charge in [-0.15, -0.1) is 0 Å². The van der Waals surface area contributed by atoms with Crippen LogP contribution in [-0.2, 0) is 18.2 Å². The summed E-state index contributed by atoms with van der Waals surface area (Å²) in [6.07, 6.45) is 3.89. The number of amides is 1. The van der Waals surface area contributed by atoms with Crippen LogP contribution < -0.4 is 10.2 Å². The van der Waals surface area contributed by atoms with E-state index in [1.165, 1.54) is 25.3 Å². The molecule has 1 aliphatic rings. The Morgan fingerprint density at radius 1 is 1.09 bits per heavy atom. The van der Waals surface area contributed by atoms with Crippen LogP contribution >= 0.6 is 0 Å². The summed E-state index contributed by atoms with van der Waals surface area (Å²) >= 11 is 0. The molecule has 224 valence electrons. The fourth-order valence-corrected chi connectivity index (χ4v) is 5.60. The molecule has 10 heteroatoms. The van der Waals surface area contributed by atoms with E-state index in [-0.39, 0.29) is 11.3 Å². The van der Waals surface area contributed by atoms with Gasteiger partial charge in [-0.05, 0) is 87.9 Å². The largest absolute Gasteiger partial charge is 0.494 e. The van der Waals surface area contributed by atoms with Crippen molar-refractivity contribution in [2.75, 3.05) is 20.2 Å². The number of fused-ring (bicyclic) bond motifs is 1. The van der Waals surface area contributed by atoms with Gasteiger partial charge in [0, 0.05) is 42.3 Å². The van der Waals surface area contributed by atoms with Crippen molar-refractivity contribution >= 4 is 17.0 Å². The van der Waals surface area contributed by atoms with Crippen LogP contribution in [0, 0.1) is 28.9 Å². The van der Waals surface area contributed by atoms with E-state index in [1.807, 2.05) is 38.9 Å². The van der Waals surface area contributed by atoms with Crippen molar-refractivity contribution in [2.24, 2.45) is 13.0 Å². The SMILES string of the molecule is COc1ccc(-c2ncc3c(cc(CC4CCN(NC(=O)OC(C)(C)C)CC4)n3C)c2-c2ccc(C#N)c(F)c2)cc1F. The van der Waals surface area contributed by atoms with E-state index in [4.69, 9.17) is 14.5 Å². The van der Waals surface area contributed by atoms with Gasteiger partial charge in [0.1, 0.15) is 17.5 Å². The topological polar surface area (TPSA) is 92.4 Å². The molecule has 0 unspecified atom stereocenters. The van der Waals surface area contributed by atoms with Crippen molar-refractivity contribution in [3.05, 3.63) is 71.6 Å². The summed E-state index contributed by atoms with van der Waals surface area (Å²) in [5, 5.41) is 12.0. The highest BCUT2D eigenvalue weighted by atomic mass is 19.1. The van der Waals surface area contributed by atoms with Crippen LogP contribution in [0.4, 0.5) is 13.6 Å². The number of methoxy groups -OCH3 is 1. The van der Waals surface area contributed by atoms with E-state index in [1.54, 1.807) is 24.4 Å². The van der Waals surface area contributed by atoms with E-state index in [0.717, 1.165) is 35.9 Å². The number of carbonyl (C=O) groups excluding carboxylic acids is 1. The van der Waals surface area contributed by atoms with Gasteiger partial charge in [0.25, 0.3) is 0 Å². The lowest BCUT2D eigenvalue weighted by atomic mass is 9.92. The van der Waals surface area contributed by atoms with Crippen molar-refractivity contribution in [3.8, 4) is 34.2 Å². The number of nitriles is 1. The van der Waals surface area contributed by atoms with Crippen LogP contribution in [-0.4, -0.2) is 46.5 Å². The minimum absolute atomic E-state index is 0.0535. The Bertz CT molecular complexity index is 1710. The molecule has 8 nitrogen and oxygen atoms in total. The minimum atomic E-state index is -0.633. The molecule has 3 heterocycles. The maximum atomic E-state index is 14.9. The van der Waals surface area contributed by atoms with Crippen LogP contribution in [0.3, 0.4) is 0 Å². The lowest BCUT2D eigenvalue weighted by Crippen LogP contribution is -2.48. The molecule has 1 N–H and O–H groups in total. The molecule has 1 fully saturated rings. The molecule has 1 amide bonds. The summed E-state index contributed by atoms with van der Waals surface area (Å²) in [6, 6.07) is 13.1. The van der Waals surface area contributed by atoms with Crippen molar-refractivity contribution < 1.29 is 23.0 Å². The van der Waals surface area contributed by atoms with Gasteiger partial charge in [0.15, 0.2) is 11.6 Å². The summed E-state index contributed by atoms with van der Waals surface area (Å²) in [6.45, 7) is 6.91. The second-order valence-corrected chi connectivity index (χ2v) is 11.9. The number of hydrazine groups is 1. The molecular weight excluding hydrogens is 552 g/mol. The van der Waals surface area contributed by atoms with Crippen LogP contribution in [0.25, 0.3) is 33.3 Å². The first kappa shape index (κ1) is 30.0. The fourth-order valence-electron chi connectivity index (χ4n) is 5.60. The van der Waals surface area contributed by atoms with Crippen molar-refractivity contribution in [3.63, 3.8) is 0 Å². The highest BCUT2D eigenvalue weighted by Crippen LogP contribution is 2.39. The number of hydrogen-bond donors (Lipinski definition) is 1. The summed E-state index contributed by atoms with van der Waals surface area (Å²) in [7, 11) is 3.38. The Morgan fingerprint density at radius 3 is 2.42 bits per heavy atom. The van der Waals surface area contributed by atoms with Gasteiger partial charge >= 0.3 is 6.09 Å². The number of rotatable bonds is 6. The Labute approximate surface area is 249 Å². The Hall–Kier alpha value is -4.49. The molecular formula is C33H35F2N5O3. The van der Waals surface area contributed by atoms with Gasteiger partial charge in [0.05, 0.1) is 30.1 Å². The molecule has 0 spiro atoms. The van der Waals surface area contributed by atoms with Crippen LogP contribution in [0.1, 0.15) is 44.9 Å². The van der Waals surface area contributed by atoms with Crippen molar-refractivity contribution in [1.82, 2.24) is 20.0 Å². The van der Waals surface area contributed by atoms with Crippen LogP contribution in [0.2, 0.25) is 0 Å². The molecule has 0 bridgehead atoms. The maximum absolute atomic E-state index is 14.9. The maximum Gasteiger partial charge on any atom is 0.422 e. The third-order valence-corrected chi connectivity index (χ3v) is 7.77. The second-order valence-electron chi connectivity index (χ2n) is 11.9. The number of aryl methyl sites for hydroxylation is 1. The van der Waals surface area contributed by atoms with Gasteiger partial charge in [-0.2, -0.15) is 5.26 Å². The second kappa shape index (κ2) is 12.0. The number of benzene rings is 2. The summed E-state index contributed by atoms with van der Waals surface area (Å²) in [5.74, 6) is -0.657. The smallest absolute Gasteiger partial charge is 0.422 e. The zero-order valence-electron chi connectivity index (χ0n) is 25.0. The summed E-state index contributed by atoms with van der Waals surface area (Å²) in [4.78, 5) is 16.9. The Morgan fingerprint density at radius 2 is 1.79 bits per heavy atom. The van der Waals surface area contributed by atoms with Crippen molar-refractivity contribution in [1.29, 1.82) is 5.26 Å². The van der Waals surface area contributed by atoms with Gasteiger partial charge < -0.3 is 14.0 Å². The van der Waals surface area contributed by atoms with Crippen LogP contribution in [0.5, 0.6) is 5.75 Å². The first-order valence-corrected chi connectivity index (χ1v) is 14.2. The predicted octanol–water partition coefficient (Wildman–Crippen LogP) is 6.76. The number of halogens is 2. The summed E-state index contributed by atoms with van der Waals surface area (Å²) < 4.78 is 42.2. The number of ether oxygens (including phenoxy) is 2. The number of piperidine rings is 1. The molecule has 4 aromatic rings. The van der Waals surface area contributed by atoms with Gasteiger partial charge in [0.2, 0.25) is 0 Å². The van der Waals surface area contributed by atoms with Crippen LogP contribution in [0.15, 0.2) is 48.7 Å². The molecule has 5 rings (SSSR count). The number of carbonyl (C=O) groups is 1. The zero-order chi connectivity index (χ0) is 30.9. The van der Waals surface area contributed by atoms with Gasteiger partial charge in [-0.1, -0.05) is 6.07 Å². The third kappa shape index (κ3) is 6.47. The average molecular weight is 588 g/mol. The number of nitrogens with zero attached hydrogens (tertiary/aromatic N) is 4. The van der Waals surface area contributed by atoms with E-state index >= 15 is 0 Å². The molecule has 1 aliphatic heterocycles. The highest BCUT2D eigenvalue weighted by molar-refractivity contribution is 6.02. The quantitative estimate of drug-likeness (QED) is 0.268. The Kier molecular flexibility index (Phi) is 8.38. The predicted molar refractivity (Wildman–Crippen MR) is 160 cm³/mol. The van der Waals surface area contributed by atoms with Crippen molar-refractivity contribution in [2.45, 2.75) is 45.6 Å². The fraction of sp³-hybridized carbons (Fsp3) is 0.364. The van der Waals surface area contributed by atoms with Gasteiger partial charge in [-0.25, -0.2) is 18.6 Å². The molecule has 43 heavy (non-hydrogen) atoms. The monoisotopic (exact) mass is 587 g/mol. The molecule has 0 saturated carbocycles. The molecule has 0 atom stereocenters. The lowest BCUT2D eigenvalue weighted by molar-refractivity contribution is 0.0264. The molecule has 2 aromatic carbocycles. The third-order valence-electron chi connectivity index (χ3n) is 7.77. The zero-order valence-corrected chi connectivity index (χ0v) is 25.0. The number of aromatic nitrogens is 2. The standard InChI is InChI=1S/C33H35F2N5O3/c1-33(2,3)43-32(41)38-40-12-10-20(11-13-40)14-24-17-25-28(39(24)4)19-37-31(22-8-9-29(42-5)27(35)16-22)30(25)21-6-7-23(18-36)26(34)15-21/h6-9,15-17,19-20H,10-14H2,1-5H3,(H,38,41). The minimum Gasteiger partial charge on any atom is -0.494 e. The number of pyridine rings is 1. The molecule has 0 radical (unpaired) electrons. The molecule has 0 aliphatic carbocycles. The van der Waals surface area contributed by atoms with E-state index < -0.39 is 23.3 Å². The average Bonchev–Trinajstić information content (AvgIpc) is 3.27. The van der Waals surface area contributed by atoms with E-state index in [2.05, 4.69) is 16.1 Å². The lowest BCUT2D eigenvalue weighted by Gasteiger charge is -2.32. The summed E-state index contributed by atoms with van der Waals surface area (Å²) in [5.41, 5.74) is 6.39. The molecule has 1 saturated heterocycles. The highest BCUT2D eigenvalue weighted by Gasteiger charge is 2.25. The van der Waals surface area contributed by atoms with E-state index in [9.17, 15) is 18.8 Å².